The fourth-order valence-corrected chi connectivity index (χ4v) is 4.03. The third-order valence-corrected chi connectivity index (χ3v) is 5.80. The van der Waals surface area contributed by atoms with E-state index in [4.69, 9.17) is 9.97 Å². The molecule has 5 rings (SSSR count). The van der Waals surface area contributed by atoms with Crippen LogP contribution in [0.2, 0.25) is 0 Å². The lowest BCUT2D eigenvalue weighted by atomic mass is 10.1. The highest BCUT2D eigenvalue weighted by Crippen LogP contribution is 2.19. The Kier molecular flexibility index (Phi) is 5.34. The van der Waals surface area contributed by atoms with Gasteiger partial charge in [0.05, 0.1) is 12.1 Å². The molecule has 158 valence electrons. The maximum Gasteiger partial charge on any atom is 0.136 e. The fraction of sp³-hybridized carbons (Fsp3) is 0.333. The third-order valence-electron chi connectivity index (χ3n) is 5.80. The van der Waals surface area contributed by atoms with Gasteiger partial charge in [0.25, 0.3) is 0 Å². The van der Waals surface area contributed by atoms with Gasteiger partial charge in [0.2, 0.25) is 0 Å². The van der Waals surface area contributed by atoms with Crippen LogP contribution < -0.4 is 4.90 Å². The first-order valence-electron chi connectivity index (χ1n) is 10.8. The first-order chi connectivity index (χ1) is 15.1. The van der Waals surface area contributed by atoms with Crippen LogP contribution >= 0.6 is 0 Å². The molecule has 0 aliphatic carbocycles. The Morgan fingerprint density at radius 1 is 0.839 bits per heavy atom. The highest BCUT2D eigenvalue weighted by molar-refractivity contribution is 5.45. The first kappa shape index (κ1) is 19.6. The molecule has 1 aliphatic heterocycles. The summed E-state index contributed by atoms with van der Waals surface area (Å²) in [5.41, 5.74) is 5.38. The lowest BCUT2D eigenvalue weighted by molar-refractivity contribution is 0.312. The molecule has 1 fully saturated rings. The number of nitrogens with zero attached hydrogens (tertiary/aromatic N) is 7. The van der Waals surface area contributed by atoms with Gasteiger partial charge in [-0.05, 0) is 49.4 Å². The van der Waals surface area contributed by atoms with Gasteiger partial charge in [0, 0.05) is 69.1 Å². The predicted molar refractivity (Wildman–Crippen MR) is 122 cm³/mol. The quantitative estimate of drug-likeness (QED) is 0.501. The molecule has 1 aliphatic rings. The summed E-state index contributed by atoms with van der Waals surface area (Å²) >= 11 is 0. The van der Waals surface area contributed by atoms with Gasteiger partial charge in [-0.15, -0.1) is 0 Å². The summed E-state index contributed by atoms with van der Waals surface area (Å²) in [5.74, 6) is 1.84. The van der Waals surface area contributed by atoms with Gasteiger partial charge in [-0.1, -0.05) is 0 Å². The van der Waals surface area contributed by atoms with Gasteiger partial charge in [-0.25, -0.2) is 15.0 Å². The van der Waals surface area contributed by atoms with Gasteiger partial charge in [-0.3, -0.25) is 4.98 Å². The van der Waals surface area contributed by atoms with Gasteiger partial charge in [0.1, 0.15) is 17.3 Å². The van der Waals surface area contributed by atoms with Crippen LogP contribution in [0, 0.1) is 6.92 Å². The Morgan fingerprint density at radius 2 is 1.71 bits per heavy atom. The van der Waals surface area contributed by atoms with Crippen molar-refractivity contribution in [3.63, 3.8) is 0 Å². The van der Waals surface area contributed by atoms with Crippen molar-refractivity contribution in [3.8, 4) is 0 Å². The number of aryl methyl sites for hydroxylation is 1. The minimum absolute atomic E-state index is 0.634. The maximum absolute atomic E-state index is 4.93. The van der Waals surface area contributed by atoms with Crippen LogP contribution in [0.25, 0.3) is 5.65 Å². The van der Waals surface area contributed by atoms with Crippen LogP contribution in [-0.4, -0.2) is 62.5 Å². The van der Waals surface area contributed by atoms with E-state index in [-0.39, 0.29) is 0 Å². The van der Waals surface area contributed by atoms with E-state index in [1.165, 1.54) is 11.1 Å². The Bertz CT molecular complexity index is 1190. The number of hydrogen-bond donors (Lipinski definition) is 0. The van der Waals surface area contributed by atoms with E-state index in [0.29, 0.717) is 6.42 Å². The van der Waals surface area contributed by atoms with Crippen molar-refractivity contribution < 1.29 is 0 Å². The largest absolute Gasteiger partial charge is 0.354 e. The molecule has 0 amide bonds. The molecular weight excluding hydrogens is 386 g/mol. The van der Waals surface area contributed by atoms with Crippen LogP contribution in [-0.2, 0) is 12.8 Å². The van der Waals surface area contributed by atoms with Crippen molar-refractivity contribution in [1.29, 1.82) is 0 Å². The third kappa shape index (κ3) is 4.56. The minimum Gasteiger partial charge on any atom is -0.354 e. The van der Waals surface area contributed by atoms with Crippen molar-refractivity contribution >= 4 is 11.5 Å². The second-order valence-electron chi connectivity index (χ2n) is 8.33. The zero-order chi connectivity index (χ0) is 21.2. The second-order valence-corrected chi connectivity index (χ2v) is 8.33. The van der Waals surface area contributed by atoms with Crippen LogP contribution in [0.1, 0.15) is 28.3 Å². The van der Waals surface area contributed by atoms with Crippen LogP contribution in [0.15, 0.2) is 55.1 Å². The molecule has 0 N–H and O–H groups in total. The molecule has 4 aromatic rings. The normalized spacial score (nSPS) is 15.0. The zero-order valence-electron chi connectivity index (χ0n) is 18.1. The molecule has 4 aromatic heterocycles. The molecule has 31 heavy (non-hydrogen) atoms. The van der Waals surface area contributed by atoms with Crippen molar-refractivity contribution in [3.05, 3.63) is 83.5 Å². The first-order valence-corrected chi connectivity index (χ1v) is 10.8. The van der Waals surface area contributed by atoms with Crippen molar-refractivity contribution in [2.75, 3.05) is 38.1 Å². The van der Waals surface area contributed by atoms with Crippen LogP contribution in [0.5, 0.6) is 0 Å². The second kappa shape index (κ2) is 8.43. The molecule has 7 heteroatoms. The number of pyridine rings is 2. The number of anilines is 1. The van der Waals surface area contributed by atoms with Crippen molar-refractivity contribution in [1.82, 2.24) is 29.2 Å². The molecule has 0 radical (unpaired) electrons. The number of likely N-dealkylation sites (N-methyl/N-ethyl adjacent to an activating group) is 1. The number of fused-ring (bicyclic) bond motifs is 1. The monoisotopic (exact) mass is 413 g/mol. The Hall–Kier alpha value is -3.32. The average Bonchev–Trinajstić information content (AvgIpc) is 3.22. The number of imidazole rings is 1. The molecule has 7 nitrogen and oxygen atoms in total. The molecule has 1 saturated heterocycles. The van der Waals surface area contributed by atoms with Crippen LogP contribution in [0.3, 0.4) is 0 Å². The Balaban J connectivity index is 1.47. The standard InChI is InChI=1S/C24H27N7/c1-18-3-5-25-20(13-18)16-22-27-21(14-19-4-7-30-8-6-26-23(30)15-19)17-24(28-22)31-11-9-29(2)10-12-31/h3-8,13,15,17H,9-12,14,16H2,1-2H3. The summed E-state index contributed by atoms with van der Waals surface area (Å²) in [4.78, 5) is 23.5. The molecule has 0 bridgehead atoms. The topological polar surface area (TPSA) is 62.5 Å². The lowest BCUT2D eigenvalue weighted by Gasteiger charge is -2.33. The number of aromatic nitrogens is 5. The van der Waals surface area contributed by atoms with E-state index in [2.05, 4.69) is 64.2 Å². The van der Waals surface area contributed by atoms with Crippen molar-refractivity contribution in [2.45, 2.75) is 19.8 Å². The minimum atomic E-state index is 0.634. The molecule has 5 heterocycles. The van der Waals surface area contributed by atoms with E-state index < -0.39 is 0 Å². The van der Waals surface area contributed by atoms with Gasteiger partial charge >= 0.3 is 0 Å². The van der Waals surface area contributed by atoms with E-state index in [9.17, 15) is 0 Å². The molecule has 0 spiro atoms. The smallest absolute Gasteiger partial charge is 0.136 e. The van der Waals surface area contributed by atoms with E-state index in [1.807, 2.05) is 29.1 Å². The fourth-order valence-electron chi connectivity index (χ4n) is 4.03. The van der Waals surface area contributed by atoms with Gasteiger partial charge in [-0.2, -0.15) is 0 Å². The van der Waals surface area contributed by atoms with Crippen LogP contribution in [0.4, 0.5) is 5.82 Å². The summed E-state index contributed by atoms with van der Waals surface area (Å²) in [6, 6.07) is 10.5. The Morgan fingerprint density at radius 3 is 2.55 bits per heavy atom. The average molecular weight is 414 g/mol. The van der Waals surface area contributed by atoms with E-state index in [1.54, 1.807) is 0 Å². The Labute approximate surface area is 182 Å². The summed E-state index contributed by atoms with van der Waals surface area (Å²) in [7, 11) is 2.17. The molecular formula is C24H27N7. The number of rotatable bonds is 5. The molecule has 0 aromatic carbocycles. The zero-order valence-corrected chi connectivity index (χ0v) is 18.1. The summed E-state index contributed by atoms with van der Waals surface area (Å²) < 4.78 is 2.02. The highest BCUT2D eigenvalue weighted by Gasteiger charge is 2.18. The summed E-state index contributed by atoms with van der Waals surface area (Å²) in [6.45, 7) is 6.14. The molecule has 0 unspecified atom stereocenters. The predicted octanol–water partition coefficient (Wildman–Crippen LogP) is 2.76. The lowest BCUT2D eigenvalue weighted by Crippen LogP contribution is -2.45. The summed E-state index contributed by atoms with van der Waals surface area (Å²) in [6.07, 6.45) is 9.08. The molecule has 0 saturated carbocycles. The number of hydrogen-bond acceptors (Lipinski definition) is 6. The van der Waals surface area contributed by atoms with Gasteiger partial charge < -0.3 is 14.2 Å². The number of piperazine rings is 1. The SMILES string of the molecule is Cc1ccnc(Cc2nc(Cc3ccn4ccnc4c3)cc(N3CCN(C)CC3)n2)c1. The molecule has 0 atom stereocenters. The summed E-state index contributed by atoms with van der Waals surface area (Å²) in [5, 5.41) is 0. The highest BCUT2D eigenvalue weighted by atomic mass is 15.3. The van der Waals surface area contributed by atoms with Gasteiger partial charge in [0.15, 0.2) is 0 Å². The van der Waals surface area contributed by atoms with E-state index >= 15 is 0 Å². The maximum atomic E-state index is 4.93. The van der Waals surface area contributed by atoms with Crippen molar-refractivity contribution in [2.24, 2.45) is 0 Å². The van der Waals surface area contributed by atoms with E-state index in [0.717, 1.165) is 61.3 Å².